The first kappa shape index (κ1) is 33.8. The van der Waals surface area contributed by atoms with Crippen molar-refractivity contribution in [1.29, 1.82) is 0 Å². The Hall–Kier alpha value is -3.36. The van der Waals surface area contributed by atoms with Gasteiger partial charge in [0.1, 0.15) is 17.3 Å². The molecule has 226 valence electrons. The zero-order valence-electron chi connectivity index (χ0n) is 23.6. The number of unbranched alkanes of at least 4 members (excludes halogenated alkanes) is 9. The van der Waals surface area contributed by atoms with E-state index in [1.165, 1.54) is 31.4 Å². The lowest BCUT2D eigenvalue weighted by molar-refractivity contribution is -0.206. The smallest absolute Gasteiger partial charge is 0.425 e. The summed E-state index contributed by atoms with van der Waals surface area (Å²) in [6.45, 7) is 6.21. The van der Waals surface area contributed by atoms with E-state index in [0.29, 0.717) is 18.8 Å². The first-order valence-corrected chi connectivity index (χ1v) is 14.3. The zero-order valence-corrected chi connectivity index (χ0v) is 23.6. The highest BCUT2D eigenvalue weighted by Crippen LogP contribution is 2.29. The second kappa shape index (κ2) is 18.1. The molecule has 0 aliphatic heterocycles. The van der Waals surface area contributed by atoms with Gasteiger partial charge in [-0.1, -0.05) is 57.9 Å². The molecule has 0 radical (unpaired) electrons. The summed E-state index contributed by atoms with van der Waals surface area (Å²) in [5, 5.41) is 0. The molecule has 0 aromatic heterocycles. The lowest BCUT2D eigenvalue weighted by Gasteiger charge is -2.21. The molecule has 0 aliphatic rings. The number of hydrogen-bond acceptors (Lipinski definition) is 5. The minimum Gasteiger partial charge on any atom is -0.494 e. The third-order valence-corrected chi connectivity index (χ3v) is 6.47. The van der Waals surface area contributed by atoms with E-state index in [9.17, 15) is 27.2 Å². The maximum Gasteiger partial charge on any atom is 0.425 e. The standard InChI is InChI=1S/C32H40F4O5/c1-3-5-7-9-10-11-12-14-22-39-25-18-16-24(17-19-25)30(37)40-26-20-21-27(28(33)23-26)31(38)41-29(32(34,35)36)15-13-8-6-4-2/h3,16-21,23,29H,1,4-15,22H2,2H3. The van der Waals surface area contributed by atoms with Gasteiger partial charge < -0.3 is 14.2 Å². The lowest BCUT2D eigenvalue weighted by Crippen LogP contribution is -2.34. The van der Waals surface area contributed by atoms with Gasteiger partial charge in [0.05, 0.1) is 17.7 Å². The first-order chi connectivity index (χ1) is 19.7. The van der Waals surface area contributed by atoms with E-state index in [0.717, 1.165) is 56.7 Å². The third kappa shape index (κ3) is 12.8. The summed E-state index contributed by atoms with van der Waals surface area (Å²) in [4.78, 5) is 24.8. The van der Waals surface area contributed by atoms with Crippen LogP contribution >= 0.6 is 0 Å². The molecule has 0 fully saturated rings. The molecule has 0 N–H and O–H groups in total. The Kier molecular flexibility index (Phi) is 15.0. The number of rotatable bonds is 19. The first-order valence-electron chi connectivity index (χ1n) is 14.3. The molecular formula is C32H40F4O5. The Morgan fingerprint density at radius 3 is 2.12 bits per heavy atom. The summed E-state index contributed by atoms with van der Waals surface area (Å²) in [7, 11) is 0. The van der Waals surface area contributed by atoms with Gasteiger partial charge in [0.2, 0.25) is 0 Å². The Morgan fingerprint density at radius 1 is 0.854 bits per heavy atom. The largest absolute Gasteiger partial charge is 0.494 e. The normalized spacial score (nSPS) is 12.0. The fourth-order valence-electron chi connectivity index (χ4n) is 4.10. The minimum atomic E-state index is -4.76. The van der Waals surface area contributed by atoms with Crippen LogP contribution in [0.5, 0.6) is 11.5 Å². The summed E-state index contributed by atoms with van der Waals surface area (Å²) in [6.07, 6.45) is 4.65. The number of benzene rings is 2. The summed E-state index contributed by atoms with van der Waals surface area (Å²) >= 11 is 0. The van der Waals surface area contributed by atoms with Gasteiger partial charge in [-0.3, -0.25) is 0 Å². The molecule has 0 amide bonds. The van der Waals surface area contributed by atoms with Crippen molar-refractivity contribution in [3.05, 3.63) is 72.1 Å². The lowest BCUT2D eigenvalue weighted by atomic mass is 10.1. The molecule has 9 heteroatoms. The van der Waals surface area contributed by atoms with Gasteiger partial charge >= 0.3 is 18.1 Å². The average Bonchev–Trinajstić information content (AvgIpc) is 2.93. The van der Waals surface area contributed by atoms with E-state index in [-0.39, 0.29) is 17.7 Å². The van der Waals surface area contributed by atoms with Crippen molar-refractivity contribution in [1.82, 2.24) is 0 Å². The molecule has 0 aliphatic carbocycles. The number of allylic oxidation sites excluding steroid dienone is 1. The van der Waals surface area contributed by atoms with E-state index < -0.39 is 42.0 Å². The van der Waals surface area contributed by atoms with Crippen molar-refractivity contribution in [3.63, 3.8) is 0 Å². The number of hydrogen-bond donors (Lipinski definition) is 0. The van der Waals surface area contributed by atoms with Crippen LogP contribution in [0, 0.1) is 5.82 Å². The number of carbonyl (C=O) groups is 2. The van der Waals surface area contributed by atoms with Gasteiger partial charge in [-0.2, -0.15) is 13.2 Å². The van der Waals surface area contributed by atoms with Gasteiger partial charge in [-0.15, -0.1) is 6.58 Å². The van der Waals surface area contributed by atoms with Gasteiger partial charge in [0.25, 0.3) is 0 Å². The van der Waals surface area contributed by atoms with Crippen LogP contribution in [0.1, 0.15) is 105 Å². The van der Waals surface area contributed by atoms with Gasteiger partial charge in [-0.05, 0) is 68.5 Å². The molecule has 41 heavy (non-hydrogen) atoms. The van der Waals surface area contributed by atoms with Crippen LogP contribution in [0.2, 0.25) is 0 Å². The van der Waals surface area contributed by atoms with E-state index in [1.807, 2.05) is 13.0 Å². The predicted molar refractivity (Wildman–Crippen MR) is 150 cm³/mol. The van der Waals surface area contributed by atoms with Crippen LogP contribution in [0.3, 0.4) is 0 Å². The Bertz CT molecular complexity index is 1080. The van der Waals surface area contributed by atoms with Crippen LogP contribution in [0.4, 0.5) is 17.6 Å². The van der Waals surface area contributed by atoms with Gasteiger partial charge in [0.15, 0.2) is 6.10 Å². The van der Waals surface area contributed by atoms with Crippen molar-refractivity contribution in [2.45, 2.75) is 96.3 Å². The van der Waals surface area contributed by atoms with E-state index >= 15 is 0 Å². The number of alkyl halides is 3. The Morgan fingerprint density at radius 2 is 1.49 bits per heavy atom. The molecule has 0 saturated carbocycles. The van der Waals surface area contributed by atoms with Crippen LogP contribution < -0.4 is 9.47 Å². The van der Waals surface area contributed by atoms with Crippen LogP contribution in [0.15, 0.2) is 55.1 Å². The maximum atomic E-state index is 14.6. The van der Waals surface area contributed by atoms with Crippen molar-refractivity contribution in [3.8, 4) is 11.5 Å². The maximum absolute atomic E-state index is 14.6. The topological polar surface area (TPSA) is 61.8 Å². The minimum absolute atomic E-state index is 0.192. The summed E-state index contributed by atoms with van der Waals surface area (Å²) in [6, 6.07) is 9.10. The Balaban J connectivity index is 1.84. The van der Waals surface area contributed by atoms with Crippen LogP contribution in [0.25, 0.3) is 0 Å². The molecule has 2 aromatic rings. The molecule has 5 nitrogen and oxygen atoms in total. The molecule has 0 heterocycles. The van der Waals surface area contributed by atoms with Crippen molar-refractivity contribution in [2.75, 3.05) is 6.61 Å². The van der Waals surface area contributed by atoms with Crippen LogP contribution in [-0.2, 0) is 4.74 Å². The molecule has 1 unspecified atom stereocenters. The van der Waals surface area contributed by atoms with Crippen molar-refractivity contribution in [2.24, 2.45) is 0 Å². The van der Waals surface area contributed by atoms with Gasteiger partial charge in [-0.25, -0.2) is 14.0 Å². The molecule has 1 atom stereocenters. The Labute approximate surface area is 239 Å². The molecule has 2 aromatic carbocycles. The molecule has 0 spiro atoms. The van der Waals surface area contributed by atoms with E-state index in [1.54, 1.807) is 12.1 Å². The van der Waals surface area contributed by atoms with Crippen molar-refractivity contribution < 1.29 is 41.4 Å². The van der Waals surface area contributed by atoms with Crippen molar-refractivity contribution >= 4 is 11.9 Å². The van der Waals surface area contributed by atoms with Crippen LogP contribution in [-0.4, -0.2) is 30.8 Å². The average molecular weight is 581 g/mol. The highest BCUT2D eigenvalue weighted by Gasteiger charge is 2.42. The number of halogens is 4. The monoisotopic (exact) mass is 580 g/mol. The highest BCUT2D eigenvalue weighted by molar-refractivity contribution is 5.92. The molecule has 2 rings (SSSR count). The fraction of sp³-hybridized carbons (Fsp3) is 0.500. The summed E-state index contributed by atoms with van der Waals surface area (Å²) in [5.74, 6) is -2.97. The summed E-state index contributed by atoms with van der Waals surface area (Å²) in [5.41, 5.74) is -0.487. The van der Waals surface area contributed by atoms with E-state index in [4.69, 9.17) is 9.47 Å². The molecule has 0 bridgehead atoms. The second-order valence-electron chi connectivity index (χ2n) is 9.89. The quantitative estimate of drug-likeness (QED) is 0.0545. The zero-order chi connectivity index (χ0) is 30.1. The third-order valence-electron chi connectivity index (χ3n) is 6.47. The molecular weight excluding hydrogens is 540 g/mol. The number of carbonyl (C=O) groups excluding carboxylic acids is 2. The second-order valence-corrected chi connectivity index (χ2v) is 9.89. The highest BCUT2D eigenvalue weighted by atomic mass is 19.4. The SMILES string of the molecule is C=CCCCCCCCCOc1ccc(C(=O)Oc2ccc(C(=O)OC(CCCCCC)C(F)(F)F)c(F)c2)cc1. The summed E-state index contributed by atoms with van der Waals surface area (Å²) < 4.78 is 70.0. The molecule has 0 saturated heterocycles. The fourth-order valence-corrected chi connectivity index (χ4v) is 4.10. The number of esters is 2. The predicted octanol–water partition coefficient (Wildman–Crippen LogP) is 9.40. The van der Waals surface area contributed by atoms with E-state index in [2.05, 4.69) is 11.3 Å². The van der Waals surface area contributed by atoms with Gasteiger partial charge in [0, 0.05) is 6.07 Å². The number of ether oxygens (including phenoxy) is 3.